The van der Waals surface area contributed by atoms with Crippen LogP contribution in [0.1, 0.15) is 32.1 Å². The van der Waals surface area contributed by atoms with E-state index in [-0.39, 0.29) is 11.9 Å². The zero-order valence-corrected chi connectivity index (χ0v) is 12.9. The molecular weight excluding hydrogens is 256 g/mol. The topological polar surface area (TPSA) is 32.3 Å². The van der Waals surface area contributed by atoms with Crippen LogP contribution in [-0.4, -0.2) is 29.9 Å². The average Bonchev–Trinajstić information content (AvgIpc) is 2.87. The summed E-state index contributed by atoms with van der Waals surface area (Å²) in [4.78, 5) is 15.7. The van der Waals surface area contributed by atoms with E-state index >= 15 is 0 Å². The number of amides is 1. The van der Waals surface area contributed by atoms with E-state index in [2.05, 4.69) is 30.1 Å². The normalized spacial score (nSPS) is 26.1. The largest absolute Gasteiger partial charge is 0.350 e. The molecule has 0 radical (unpaired) electrons. The molecule has 1 N–H and O–H groups in total. The third-order valence-corrected chi connectivity index (χ3v) is 4.72. The van der Waals surface area contributed by atoms with Gasteiger partial charge in [-0.2, -0.15) is 0 Å². The Balaban J connectivity index is 1.84. The van der Waals surface area contributed by atoms with Crippen LogP contribution in [0, 0.1) is 11.8 Å². The van der Waals surface area contributed by atoms with Gasteiger partial charge in [0.25, 0.3) is 0 Å². The van der Waals surface area contributed by atoms with Gasteiger partial charge in [-0.25, -0.2) is 0 Å². The van der Waals surface area contributed by atoms with Crippen LogP contribution >= 0.6 is 11.3 Å². The third kappa shape index (κ3) is 4.05. The molecule has 1 aliphatic heterocycles. The molecule has 3 atom stereocenters. The van der Waals surface area contributed by atoms with Gasteiger partial charge in [0.15, 0.2) is 0 Å². The number of carbonyl (C=O) groups is 1. The second kappa shape index (κ2) is 6.53. The van der Waals surface area contributed by atoms with Crippen LogP contribution in [0.5, 0.6) is 0 Å². The van der Waals surface area contributed by atoms with E-state index in [4.69, 9.17) is 0 Å². The number of nitrogens with zero attached hydrogens (tertiary/aromatic N) is 1. The van der Waals surface area contributed by atoms with Gasteiger partial charge in [-0.15, -0.1) is 11.3 Å². The van der Waals surface area contributed by atoms with Crippen molar-refractivity contribution in [1.29, 1.82) is 0 Å². The van der Waals surface area contributed by atoms with Crippen molar-refractivity contribution in [2.45, 2.75) is 39.8 Å². The maximum Gasteiger partial charge on any atom is 0.237 e. The molecule has 0 unspecified atom stereocenters. The van der Waals surface area contributed by atoms with Crippen molar-refractivity contribution in [3.05, 3.63) is 22.4 Å². The van der Waals surface area contributed by atoms with Gasteiger partial charge < -0.3 is 5.32 Å². The molecule has 3 nitrogen and oxygen atoms in total. The molecular formula is C15H24N2OS. The number of thiophene rings is 1. The van der Waals surface area contributed by atoms with Crippen LogP contribution in [-0.2, 0) is 11.3 Å². The molecule has 0 aliphatic carbocycles. The summed E-state index contributed by atoms with van der Waals surface area (Å²) in [5.41, 5.74) is 0. The van der Waals surface area contributed by atoms with Gasteiger partial charge in [0.1, 0.15) is 0 Å². The monoisotopic (exact) mass is 280 g/mol. The molecule has 0 saturated carbocycles. The molecule has 19 heavy (non-hydrogen) atoms. The van der Waals surface area contributed by atoms with Gasteiger partial charge in [0, 0.05) is 18.0 Å². The van der Waals surface area contributed by atoms with E-state index < -0.39 is 0 Å². The Hall–Kier alpha value is -0.870. The summed E-state index contributed by atoms with van der Waals surface area (Å²) in [6, 6.07) is 4.05. The molecule has 0 aromatic carbocycles. The van der Waals surface area contributed by atoms with Crippen molar-refractivity contribution in [3.63, 3.8) is 0 Å². The van der Waals surface area contributed by atoms with Crippen LogP contribution in [0.2, 0.25) is 0 Å². The van der Waals surface area contributed by atoms with Crippen LogP contribution in [0.15, 0.2) is 17.5 Å². The molecule has 1 aliphatic rings. The van der Waals surface area contributed by atoms with E-state index in [1.165, 1.54) is 11.3 Å². The molecule has 1 saturated heterocycles. The number of piperidine rings is 1. The second-order valence-corrected chi connectivity index (χ2v) is 6.91. The number of likely N-dealkylation sites (tertiary alicyclic amines) is 1. The summed E-state index contributed by atoms with van der Waals surface area (Å²) in [5.74, 6) is 1.53. The zero-order chi connectivity index (χ0) is 13.8. The van der Waals surface area contributed by atoms with E-state index in [1.807, 2.05) is 18.4 Å². The number of carbonyl (C=O) groups excluding carboxylic acids is 1. The number of hydrogen-bond donors (Lipinski definition) is 1. The Morgan fingerprint density at radius 3 is 2.74 bits per heavy atom. The molecule has 1 fully saturated rings. The summed E-state index contributed by atoms with van der Waals surface area (Å²) >= 11 is 1.68. The SMILES string of the molecule is C[C@@H]1C[C@H](C)CN([C@@H](C)C(=O)NCc2cccs2)C1. The van der Waals surface area contributed by atoms with E-state index in [9.17, 15) is 4.79 Å². The minimum absolute atomic E-state index is 0.0230. The van der Waals surface area contributed by atoms with Crippen molar-refractivity contribution < 1.29 is 4.79 Å². The Kier molecular flexibility index (Phi) is 4.99. The van der Waals surface area contributed by atoms with Crippen LogP contribution in [0.25, 0.3) is 0 Å². The second-order valence-electron chi connectivity index (χ2n) is 5.87. The third-order valence-electron chi connectivity index (χ3n) is 3.84. The predicted molar refractivity (Wildman–Crippen MR) is 80.1 cm³/mol. The molecule has 106 valence electrons. The van der Waals surface area contributed by atoms with Crippen molar-refractivity contribution in [3.8, 4) is 0 Å². The lowest BCUT2D eigenvalue weighted by molar-refractivity contribution is -0.127. The average molecular weight is 280 g/mol. The minimum Gasteiger partial charge on any atom is -0.350 e. The Morgan fingerprint density at radius 2 is 2.16 bits per heavy atom. The number of nitrogens with one attached hydrogen (secondary N) is 1. The summed E-state index contributed by atoms with van der Waals surface area (Å²) in [6.07, 6.45) is 1.28. The Morgan fingerprint density at radius 1 is 1.47 bits per heavy atom. The van der Waals surface area contributed by atoms with E-state index in [0.29, 0.717) is 18.4 Å². The van der Waals surface area contributed by atoms with Crippen molar-refractivity contribution >= 4 is 17.2 Å². The fourth-order valence-corrected chi connectivity index (χ4v) is 3.57. The first kappa shape index (κ1) is 14.5. The molecule has 4 heteroatoms. The van der Waals surface area contributed by atoms with Gasteiger partial charge >= 0.3 is 0 Å². The maximum atomic E-state index is 12.2. The maximum absolute atomic E-state index is 12.2. The lowest BCUT2D eigenvalue weighted by Crippen LogP contribution is -2.50. The number of rotatable bonds is 4. The first-order valence-corrected chi connectivity index (χ1v) is 7.98. The molecule has 1 amide bonds. The first-order valence-electron chi connectivity index (χ1n) is 7.10. The van der Waals surface area contributed by atoms with Gasteiger partial charge in [-0.1, -0.05) is 19.9 Å². The van der Waals surface area contributed by atoms with E-state index in [1.54, 1.807) is 11.3 Å². The molecule has 0 spiro atoms. The van der Waals surface area contributed by atoms with Crippen molar-refractivity contribution in [2.75, 3.05) is 13.1 Å². The lowest BCUT2D eigenvalue weighted by Gasteiger charge is -2.38. The molecule has 0 bridgehead atoms. The van der Waals surface area contributed by atoms with Crippen molar-refractivity contribution in [2.24, 2.45) is 11.8 Å². The summed E-state index contributed by atoms with van der Waals surface area (Å²) in [7, 11) is 0. The lowest BCUT2D eigenvalue weighted by atomic mass is 9.91. The molecule has 2 rings (SSSR count). The zero-order valence-electron chi connectivity index (χ0n) is 12.1. The van der Waals surface area contributed by atoms with Crippen LogP contribution in [0.4, 0.5) is 0 Å². The smallest absolute Gasteiger partial charge is 0.237 e. The summed E-state index contributed by atoms with van der Waals surface area (Å²) < 4.78 is 0. The summed E-state index contributed by atoms with van der Waals surface area (Å²) in [6.45, 7) is 9.31. The van der Waals surface area contributed by atoms with Gasteiger partial charge in [-0.05, 0) is 36.6 Å². The molecule has 1 aromatic rings. The van der Waals surface area contributed by atoms with Gasteiger partial charge in [0.2, 0.25) is 5.91 Å². The highest BCUT2D eigenvalue weighted by Crippen LogP contribution is 2.22. The quantitative estimate of drug-likeness (QED) is 0.920. The highest BCUT2D eigenvalue weighted by Gasteiger charge is 2.28. The van der Waals surface area contributed by atoms with Crippen LogP contribution in [0.3, 0.4) is 0 Å². The van der Waals surface area contributed by atoms with E-state index in [0.717, 1.165) is 13.1 Å². The van der Waals surface area contributed by atoms with Gasteiger partial charge in [-0.3, -0.25) is 9.69 Å². The Bertz CT molecular complexity index is 394. The molecule has 2 heterocycles. The fourth-order valence-electron chi connectivity index (χ4n) is 2.93. The number of hydrogen-bond acceptors (Lipinski definition) is 3. The Labute approximate surface area is 120 Å². The molecule has 1 aromatic heterocycles. The standard InChI is InChI=1S/C15H24N2OS/c1-11-7-12(2)10-17(9-11)13(3)15(18)16-8-14-5-4-6-19-14/h4-6,11-13H,7-10H2,1-3H3,(H,16,18)/t11-,12+,13-/m0/s1. The summed E-state index contributed by atoms with van der Waals surface area (Å²) in [5, 5.41) is 5.08. The fraction of sp³-hybridized carbons (Fsp3) is 0.667. The first-order chi connectivity index (χ1) is 9.06. The highest BCUT2D eigenvalue weighted by molar-refractivity contribution is 7.09. The highest BCUT2D eigenvalue weighted by atomic mass is 32.1. The van der Waals surface area contributed by atoms with Crippen LogP contribution < -0.4 is 5.32 Å². The predicted octanol–water partition coefficient (Wildman–Crippen LogP) is 2.73. The van der Waals surface area contributed by atoms with Gasteiger partial charge in [0.05, 0.1) is 12.6 Å². The van der Waals surface area contributed by atoms with Crippen molar-refractivity contribution in [1.82, 2.24) is 10.2 Å². The minimum atomic E-state index is -0.0230.